The van der Waals surface area contributed by atoms with E-state index < -0.39 is 5.25 Å². The third-order valence-corrected chi connectivity index (χ3v) is 6.70. The van der Waals surface area contributed by atoms with Crippen LogP contribution < -0.4 is 4.90 Å². The normalized spacial score (nSPS) is 11.6. The molecule has 2 aromatic carbocycles. The Labute approximate surface area is 195 Å². The highest BCUT2D eigenvalue weighted by molar-refractivity contribution is 8.00. The summed E-state index contributed by atoms with van der Waals surface area (Å²) < 4.78 is 1.99. The number of aromatic nitrogens is 3. The van der Waals surface area contributed by atoms with Gasteiger partial charge in [0.2, 0.25) is 5.91 Å². The van der Waals surface area contributed by atoms with Crippen molar-refractivity contribution in [3.05, 3.63) is 78.2 Å². The number of thiophene rings is 1. The molecule has 2 heterocycles. The van der Waals surface area contributed by atoms with Crippen LogP contribution in [0.3, 0.4) is 0 Å². The number of benzene rings is 2. The molecule has 2 aromatic heterocycles. The number of hydrogen-bond donors (Lipinski definition) is 0. The topological polar surface area (TPSA) is 74.8 Å². The number of carbonyl (C=O) groups excluding carboxylic acids is 1. The fourth-order valence-electron chi connectivity index (χ4n) is 3.29. The van der Waals surface area contributed by atoms with E-state index in [0.29, 0.717) is 11.7 Å². The number of thioether (sulfide) groups is 1. The minimum atomic E-state index is -0.420. The molecule has 6 nitrogen and oxygen atoms in total. The quantitative estimate of drug-likeness (QED) is 0.329. The van der Waals surface area contributed by atoms with E-state index in [1.54, 1.807) is 16.2 Å². The van der Waals surface area contributed by atoms with Crippen molar-refractivity contribution in [1.29, 1.82) is 5.26 Å². The van der Waals surface area contributed by atoms with Crippen LogP contribution in [-0.2, 0) is 4.79 Å². The molecule has 0 aliphatic heterocycles. The van der Waals surface area contributed by atoms with Crippen molar-refractivity contribution in [3.63, 3.8) is 0 Å². The molecule has 0 aliphatic carbocycles. The highest BCUT2D eigenvalue weighted by Crippen LogP contribution is 2.33. The van der Waals surface area contributed by atoms with Gasteiger partial charge in [-0.1, -0.05) is 54.2 Å². The van der Waals surface area contributed by atoms with Gasteiger partial charge < -0.3 is 4.90 Å². The van der Waals surface area contributed by atoms with Crippen molar-refractivity contribution in [2.24, 2.45) is 0 Å². The van der Waals surface area contributed by atoms with Gasteiger partial charge in [0, 0.05) is 17.9 Å². The van der Waals surface area contributed by atoms with E-state index in [1.165, 1.54) is 11.8 Å². The number of nitriles is 1. The summed E-state index contributed by atoms with van der Waals surface area (Å²) in [6, 6.07) is 25.5. The lowest BCUT2D eigenvalue weighted by Crippen LogP contribution is -2.37. The fourth-order valence-corrected chi connectivity index (χ4v) is 4.91. The van der Waals surface area contributed by atoms with Crippen LogP contribution in [0, 0.1) is 11.3 Å². The molecule has 4 rings (SSSR count). The Morgan fingerprint density at radius 2 is 1.81 bits per heavy atom. The molecule has 32 heavy (non-hydrogen) atoms. The second kappa shape index (κ2) is 10.3. The van der Waals surface area contributed by atoms with Crippen LogP contribution in [-0.4, -0.2) is 32.5 Å². The zero-order valence-corrected chi connectivity index (χ0v) is 19.1. The number of nitrogens with zero attached hydrogens (tertiary/aromatic N) is 5. The first kappa shape index (κ1) is 21.8. The number of rotatable bonds is 8. The van der Waals surface area contributed by atoms with Crippen LogP contribution in [0.25, 0.3) is 16.4 Å². The molecule has 160 valence electrons. The Balaban J connectivity index is 1.65. The first-order valence-electron chi connectivity index (χ1n) is 10.1. The lowest BCUT2D eigenvalue weighted by molar-refractivity contribution is -0.117. The SMILES string of the molecule is CC(Sc1nnc(-c2cccs2)n1-c1ccccc1)C(=O)N(CCC#N)c1ccccc1. The number of hydrogen-bond acceptors (Lipinski definition) is 6. The fraction of sp³-hybridized carbons (Fsp3) is 0.167. The van der Waals surface area contributed by atoms with Gasteiger partial charge in [0.25, 0.3) is 0 Å². The summed E-state index contributed by atoms with van der Waals surface area (Å²) in [4.78, 5) is 16.1. The van der Waals surface area contributed by atoms with E-state index in [-0.39, 0.29) is 12.3 Å². The van der Waals surface area contributed by atoms with Crippen LogP contribution in [0.5, 0.6) is 0 Å². The van der Waals surface area contributed by atoms with Crippen LogP contribution in [0.2, 0.25) is 0 Å². The number of anilines is 1. The lowest BCUT2D eigenvalue weighted by atomic mass is 10.2. The van der Waals surface area contributed by atoms with E-state index in [1.807, 2.05) is 89.7 Å². The van der Waals surface area contributed by atoms with Crippen molar-refractivity contribution in [2.45, 2.75) is 23.8 Å². The minimum absolute atomic E-state index is 0.0725. The van der Waals surface area contributed by atoms with Gasteiger partial charge in [-0.3, -0.25) is 9.36 Å². The summed E-state index contributed by atoms with van der Waals surface area (Å²) in [6.45, 7) is 2.21. The summed E-state index contributed by atoms with van der Waals surface area (Å²) in [5.74, 6) is 0.675. The van der Waals surface area contributed by atoms with Gasteiger partial charge in [0.1, 0.15) is 0 Å². The zero-order chi connectivity index (χ0) is 22.3. The molecule has 8 heteroatoms. The molecule has 0 N–H and O–H groups in total. The Bertz CT molecular complexity index is 1200. The molecule has 1 unspecified atom stereocenters. The predicted octanol–water partition coefficient (Wildman–Crippen LogP) is 5.42. The Hall–Kier alpha value is -3.41. The molecule has 0 saturated carbocycles. The lowest BCUT2D eigenvalue weighted by Gasteiger charge is -2.24. The number of carbonyl (C=O) groups is 1. The summed E-state index contributed by atoms with van der Waals surface area (Å²) in [6.07, 6.45) is 0.265. The van der Waals surface area contributed by atoms with E-state index in [2.05, 4.69) is 16.3 Å². The highest BCUT2D eigenvalue weighted by atomic mass is 32.2. The van der Waals surface area contributed by atoms with E-state index >= 15 is 0 Å². The zero-order valence-electron chi connectivity index (χ0n) is 17.5. The van der Waals surface area contributed by atoms with Crippen molar-refractivity contribution in [1.82, 2.24) is 14.8 Å². The molecular weight excluding hydrogens is 438 g/mol. The van der Waals surface area contributed by atoms with Gasteiger partial charge in [0.05, 0.1) is 22.6 Å². The number of amides is 1. The van der Waals surface area contributed by atoms with Gasteiger partial charge >= 0.3 is 0 Å². The standard InChI is InChI=1S/C24H21N5OS2/c1-18(23(30)28(16-9-15-25)19-10-4-2-5-11-19)32-24-27-26-22(21-14-8-17-31-21)29(24)20-12-6-3-7-13-20/h2-8,10-14,17-18H,9,16H2,1H3. The summed E-state index contributed by atoms with van der Waals surface area (Å²) in [5, 5.41) is 20.2. The van der Waals surface area contributed by atoms with Crippen LogP contribution in [0.4, 0.5) is 5.69 Å². The third-order valence-electron chi connectivity index (χ3n) is 4.80. The smallest absolute Gasteiger partial charge is 0.240 e. The Morgan fingerprint density at radius 1 is 1.09 bits per heavy atom. The first-order chi connectivity index (χ1) is 15.7. The summed E-state index contributed by atoms with van der Waals surface area (Å²) in [5.41, 5.74) is 1.72. The molecule has 0 bridgehead atoms. The average Bonchev–Trinajstić information content (AvgIpc) is 3.50. The minimum Gasteiger partial charge on any atom is -0.310 e. The maximum atomic E-state index is 13.4. The molecule has 1 amide bonds. The molecule has 0 spiro atoms. The summed E-state index contributed by atoms with van der Waals surface area (Å²) in [7, 11) is 0. The van der Waals surface area contributed by atoms with Crippen molar-refractivity contribution < 1.29 is 4.79 Å². The molecule has 1 atom stereocenters. The van der Waals surface area contributed by atoms with Crippen molar-refractivity contribution >= 4 is 34.7 Å². The van der Waals surface area contributed by atoms with Gasteiger partial charge in [-0.15, -0.1) is 21.5 Å². The molecule has 0 radical (unpaired) electrons. The highest BCUT2D eigenvalue weighted by Gasteiger charge is 2.26. The first-order valence-corrected chi connectivity index (χ1v) is 11.9. The van der Waals surface area contributed by atoms with Gasteiger partial charge in [-0.25, -0.2) is 0 Å². The summed E-state index contributed by atoms with van der Waals surface area (Å²) >= 11 is 2.96. The largest absolute Gasteiger partial charge is 0.310 e. The molecule has 0 fully saturated rings. The number of para-hydroxylation sites is 2. The van der Waals surface area contributed by atoms with Gasteiger partial charge in [-0.05, 0) is 42.6 Å². The molecule has 4 aromatic rings. The second-order valence-corrected chi connectivity index (χ2v) is 9.20. The maximum Gasteiger partial charge on any atom is 0.240 e. The predicted molar refractivity (Wildman–Crippen MR) is 129 cm³/mol. The van der Waals surface area contributed by atoms with Gasteiger partial charge in [0.15, 0.2) is 11.0 Å². The van der Waals surface area contributed by atoms with E-state index in [0.717, 1.165) is 22.1 Å². The molecular formula is C24H21N5OS2. The second-order valence-electron chi connectivity index (χ2n) is 6.95. The van der Waals surface area contributed by atoms with Crippen LogP contribution in [0.1, 0.15) is 13.3 Å². The molecule has 0 aliphatic rings. The Kier molecular flexibility index (Phi) is 7.00. The van der Waals surface area contributed by atoms with E-state index in [4.69, 9.17) is 5.26 Å². The maximum absolute atomic E-state index is 13.4. The van der Waals surface area contributed by atoms with Crippen LogP contribution >= 0.6 is 23.1 Å². The Morgan fingerprint density at radius 3 is 2.47 bits per heavy atom. The van der Waals surface area contributed by atoms with Crippen molar-refractivity contribution in [2.75, 3.05) is 11.4 Å². The van der Waals surface area contributed by atoms with Crippen LogP contribution in [0.15, 0.2) is 83.3 Å². The van der Waals surface area contributed by atoms with E-state index in [9.17, 15) is 4.79 Å². The molecule has 0 saturated heterocycles. The third kappa shape index (κ3) is 4.74. The van der Waals surface area contributed by atoms with Gasteiger partial charge in [-0.2, -0.15) is 5.26 Å². The monoisotopic (exact) mass is 459 g/mol. The van der Waals surface area contributed by atoms with Crippen molar-refractivity contribution in [3.8, 4) is 22.5 Å². The average molecular weight is 460 g/mol.